The molecule has 74 valence electrons. The number of hydrogen-bond acceptors (Lipinski definition) is 2. The maximum absolute atomic E-state index is 6.00. The topological polar surface area (TPSA) is 29.3 Å². The number of benzene rings is 1. The van der Waals surface area contributed by atoms with Crippen LogP contribution in [-0.4, -0.2) is 12.6 Å². The summed E-state index contributed by atoms with van der Waals surface area (Å²) in [6.07, 6.45) is 5.16. The van der Waals surface area contributed by atoms with E-state index in [1.54, 1.807) is 0 Å². The Kier molecular flexibility index (Phi) is 1.69. The van der Waals surface area contributed by atoms with E-state index in [1.807, 2.05) is 6.07 Å². The third-order valence-corrected chi connectivity index (χ3v) is 3.31. The highest BCUT2D eigenvalue weighted by atomic mass is 15.2. The van der Waals surface area contributed by atoms with Gasteiger partial charge >= 0.3 is 0 Å². The molecular weight excluding hydrogens is 172 g/mol. The van der Waals surface area contributed by atoms with Gasteiger partial charge in [0.1, 0.15) is 0 Å². The average molecular weight is 188 g/mol. The van der Waals surface area contributed by atoms with Gasteiger partial charge in [-0.15, -0.1) is 0 Å². The first kappa shape index (κ1) is 8.16. The van der Waals surface area contributed by atoms with Crippen molar-refractivity contribution in [2.75, 3.05) is 17.2 Å². The van der Waals surface area contributed by atoms with Crippen molar-refractivity contribution >= 4 is 11.4 Å². The van der Waals surface area contributed by atoms with Crippen molar-refractivity contribution < 1.29 is 0 Å². The average Bonchev–Trinajstić information content (AvgIpc) is 3.01. The Morgan fingerprint density at radius 1 is 1.29 bits per heavy atom. The fraction of sp³-hybridized carbons (Fsp3) is 0.500. The van der Waals surface area contributed by atoms with E-state index in [0.29, 0.717) is 0 Å². The van der Waals surface area contributed by atoms with Crippen LogP contribution in [0.15, 0.2) is 18.2 Å². The van der Waals surface area contributed by atoms with Gasteiger partial charge in [-0.25, -0.2) is 0 Å². The lowest BCUT2D eigenvalue weighted by atomic mass is 10.00. The van der Waals surface area contributed by atoms with E-state index < -0.39 is 0 Å². The molecule has 2 heteroatoms. The van der Waals surface area contributed by atoms with Gasteiger partial charge in [0.05, 0.1) is 0 Å². The molecule has 2 nitrogen and oxygen atoms in total. The number of nitrogen functional groups attached to an aromatic ring is 1. The summed E-state index contributed by atoms with van der Waals surface area (Å²) < 4.78 is 0. The number of nitrogens with two attached hydrogens (primary N) is 1. The van der Waals surface area contributed by atoms with Crippen LogP contribution < -0.4 is 10.6 Å². The third-order valence-electron chi connectivity index (χ3n) is 3.31. The first-order valence-electron chi connectivity index (χ1n) is 5.50. The standard InChI is InChI=1S/C12H16N2/c13-11-4-1-5-12-10(11)3-2-8-14(12)9-6-7-9/h1,4-5,9H,2-3,6-8,13H2. The van der Waals surface area contributed by atoms with Gasteiger partial charge in [0.25, 0.3) is 0 Å². The van der Waals surface area contributed by atoms with Gasteiger partial charge < -0.3 is 10.6 Å². The quantitative estimate of drug-likeness (QED) is 0.684. The van der Waals surface area contributed by atoms with Crippen molar-refractivity contribution in [3.8, 4) is 0 Å². The molecule has 0 atom stereocenters. The molecule has 1 saturated carbocycles. The minimum Gasteiger partial charge on any atom is -0.398 e. The predicted molar refractivity (Wildman–Crippen MR) is 59.5 cm³/mol. The fourth-order valence-electron chi connectivity index (χ4n) is 2.45. The maximum Gasteiger partial charge on any atom is 0.0421 e. The van der Waals surface area contributed by atoms with Crippen LogP contribution in [0.2, 0.25) is 0 Å². The van der Waals surface area contributed by atoms with Crippen molar-refractivity contribution in [2.45, 2.75) is 31.7 Å². The molecule has 0 radical (unpaired) electrons. The molecule has 1 heterocycles. The smallest absolute Gasteiger partial charge is 0.0421 e. The monoisotopic (exact) mass is 188 g/mol. The summed E-state index contributed by atoms with van der Waals surface area (Å²) in [5, 5.41) is 0. The largest absolute Gasteiger partial charge is 0.398 e. The van der Waals surface area contributed by atoms with Gasteiger partial charge in [-0.1, -0.05) is 6.07 Å². The Hall–Kier alpha value is -1.18. The zero-order chi connectivity index (χ0) is 9.54. The van der Waals surface area contributed by atoms with E-state index in [-0.39, 0.29) is 0 Å². The van der Waals surface area contributed by atoms with E-state index in [4.69, 9.17) is 5.73 Å². The Bertz CT molecular complexity index is 355. The molecule has 1 aromatic carbocycles. The second-order valence-corrected chi connectivity index (χ2v) is 4.37. The number of anilines is 2. The molecule has 1 aromatic rings. The minimum absolute atomic E-state index is 0.816. The normalized spacial score (nSPS) is 20.7. The molecule has 0 unspecified atom stereocenters. The summed E-state index contributed by atoms with van der Waals surface area (Å²) in [6.45, 7) is 1.22. The van der Waals surface area contributed by atoms with Crippen molar-refractivity contribution in [3.63, 3.8) is 0 Å². The van der Waals surface area contributed by atoms with Gasteiger partial charge in [-0.3, -0.25) is 0 Å². The number of fused-ring (bicyclic) bond motifs is 1. The summed E-state index contributed by atoms with van der Waals surface area (Å²) in [7, 11) is 0. The first-order chi connectivity index (χ1) is 6.86. The highest BCUT2D eigenvalue weighted by Crippen LogP contribution is 2.38. The molecule has 2 aliphatic rings. The Labute approximate surface area is 84.7 Å². The molecule has 0 spiro atoms. The Balaban J connectivity index is 2.05. The lowest BCUT2D eigenvalue weighted by molar-refractivity contribution is 0.689. The van der Waals surface area contributed by atoms with Crippen LogP contribution in [0.5, 0.6) is 0 Å². The van der Waals surface area contributed by atoms with Crippen LogP contribution >= 0.6 is 0 Å². The zero-order valence-corrected chi connectivity index (χ0v) is 8.37. The summed E-state index contributed by atoms with van der Waals surface area (Å²) in [5.74, 6) is 0. The van der Waals surface area contributed by atoms with Crippen molar-refractivity contribution in [1.29, 1.82) is 0 Å². The molecule has 3 rings (SSSR count). The number of hydrogen-bond donors (Lipinski definition) is 1. The maximum atomic E-state index is 6.00. The molecule has 1 fully saturated rings. The highest BCUT2D eigenvalue weighted by molar-refractivity contribution is 5.67. The summed E-state index contributed by atoms with van der Waals surface area (Å²) in [5.41, 5.74) is 9.76. The van der Waals surface area contributed by atoms with Gasteiger partial charge in [0.15, 0.2) is 0 Å². The van der Waals surface area contributed by atoms with Crippen molar-refractivity contribution in [1.82, 2.24) is 0 Å². The van der Waals surface area contributed by atoms with Crippen molar-refractivity contribution in [3.05, 3.63) is 23.8 Å². The van der Waals surface area contributed by atoms with Crippen LogP contribution in [0.3, 0.4) is 0 Å². The summed E-state index contributed by atoms with van der Waals surface area (Å²) in [4.78, 5) is 2.55. The van der Waals surface area contributed by atoms with E-state index in [0.717, 1.165) is 18.2 Å². The molecule has 0 saturated heterocycles. The Morgan fingerprint density at radius 3 is 2.93 bits per heavy atom. The molecule has 1 aliphatic heterocycles. The van der Waals surface area contributed by atoms with Crippen LogP contribution in [-0.2, 0) is 6.42 Å². The molecular formula is C12H16N2. The third kappa shape index (κ3) is 1.17. The van der Waals surface area contributed by atoms with Crippen LogP contribution in [0, 0.1) is 0 Å². The van der Waals surface area contributed by atoms with E-state index in [1.165, 1.54) is 37.1 Å². The molecule has 0 amide bonds. The second-order valence-electron chi connectivity index (χ2n) is 4.37. The van der Waals surface area contributed by atoms with Gasteiger partial charge in [0, 0.05) is 24.0 Å². The van der Waals surface area contributed by atoms with E-state index in [9.17, 15) is 0 Å². The lowest BCUT2D eigenvalue weighted by Crippen LogP contribution is -2.31. The first-order valence-corrected chi connectivity index (χ1v) is 5.50. The number of rotatable bonds is 1. The molecule has 1 aliphatic carbocycles. The summed E-state index contributed by atoms with van der Waals surface area (Å²) >= 11 is 0. The molecule has 14 heavy (non-hydrogen) atoms. The van der Waals surface area contributed by atoms with Crippen LogP contribution in [0.4, 0.5) is 11.4 Å². The Morgan fingerprint density at radius 2 is 2.14 bits per heavy atom. The molecule has 2 N–H and O–H groups in total. The molecule has 0 bridgehead atoms. The van der Waals surface area contributed by atoms with E-state index >= 15 is 0 Å². The van der Waals surface area contributed by atoms with Gasteiger partial charge in [-0.05, 0) is 43.4 Å². The highest BCUT2D eigenvalue weighted by Gasteiger charge is 2.32. The van der Waals surface area contributed by atoms with Crippen molar-refractivity contribution in [2.24, 2.45) is 0 Å². The van der Waals surface area contributed by atoms with Gasteiger partial charge in [-0.2, -0.15) is 0 Å². The van der Waals surface area contributed by atoms with Crippen LogP contribution in [0.1, 0.15) is 24.8 Å². The van der Waals surface area contributed by atoms with E-state index in [2.05, 4.69) is 17.0 Å². The SMILES string of the molecule is Nc1cccc2c1CCCN2C1CC1. The predicted octanol–water partition coefficient (Wildman–Crippen LogP) is 2.18. The number of nitrogens with zero attached hydrogens (tertiary/aromatic N) is 1. The molecule has 0 aromatic heterocycles. The minimum atomic E-state index is 0.816. The van der Waals surface area contributed by atoms with Crippen LogP contribution in [0.25, 0.3) is 0 Å². The second kappa shape index (κ2) is 2.91. The van der Waals surface area contributed by atoms with Gasteiger partial charge in [0.2, 0.25) is 0 Å². The fourth-order valence-corrected chi connectivity index (χ4v) is 2.45. The zero-order valence-electron chi connectivity index (χ0n) is 8.37. The lowest BCUT2D eigenvalue weighted by Gasteiger charge is -2.32. The summed E-state index contributed by atoms with van der Waals surface area (Å²) in [6, 6.07) is 7.14.